The fraction of sp³-hybridized carbons (Fsp3) is 0.467. The van der Waals surface area contributed by atoms with Crippen molar-refractivity contribution in [1.82, 2.24) is 5.32 Å². The first kappa shape index (κ1) is 19.0. The Hall–Kier alpha value is -2.09. The molecule has 8 heteroatoms. The van der Waals surface area contributed by atoms with Gasteiger partial charge in [0.1, 0.15) is 6.04 Å². The first-order valence-electron chi connectivity index (χ1n) is 7.11. The van der Waals surface area contributed by atoms with Crippen LogP contribution in [0.4, 0.5) is 5.69 Å². The molecule has 0 aliphatic rings. The molecule has 0 aliphatic carbocycles. The smallest absolute Gasteiger partial charge is 0.326 e. The Kier molecular flexibility index (Phi) is 6.14. The van der Waals surface area contributed by atoms with Crippen LogP contribution in [0.15, 0.2) is 18.2 Å². The minimum Gasteiger partial charge on any atom is -0.480 e. The summed E-state index contributed by atoms with van der Waals surface area (Å²) in [5, 5.41) is 11.6. The molecule has 0 spiro atoms. The summed E-state index contributed by atoms with van der Waals surface area (Å²) in [6.07, 6.45) is 1.32. The molecule has 128 valence electrons. The van der Waals surface area contributed by atoms with E-state index in [9.17, 15) is 18.0 Å². The Labute approximate surface area is 136 Å². The molecule has 7 nitrogen and oxygen atoms in total. The number of rotatable bonds is 7. The number of nitrogens with one attached hydrogen (secondary N) is 2. The van der Waals surface area contributed by atoms with Gasteiger partial charge in [0.15, 0.2) is 0 Å². The third kappa shape index (κ3) is 6.27. The maximum atomic E-state index is 12.2. The molecule has 1 aromatic carbocycles. The van der Waals surface area contributed by atoms with Gasteiger partial charge in [0.05, 0.1) is 11.9 Å². The topological polar surface area (TPSA) is 113 Å². The van der Waals surface area contributed by atoms with Crippen molar-refractivity contribution < 1.29 is 23.1 Å². The first-order chi connectivity index (χ1) is 10.5. The van der Waals surface area contributed by atoms with Crippen molar-refractivity contribution in [2.45, 2.75) is 33.2 Å². The van der Waals surface area contributed by atoms with Gasteiger partial charge in [-0.05, 0) is 37.0 Å². The van der Waals surface area contributed by atoms with Gasteiger partial charge < -0.3 is 10.4 Å². The highest BCUT2D eigenvalue weighted by atomic mass is 32.2. The molecule has 1 atom stereocenters. The van der Waals surface area contributed by atoms with Crippen LogP contribution < -0.4 is 10.0 Å². The summed E-state index contributed by atoms with van der Waals surface area (Å²) in [7, 11) is -3.47. The van der Waals surface area contributed by atoms with E-state index in [1.54, 1.807) is 13.0 Å². The average Bonchev–Trinajstić information content (AvgIpc) is 2.38. The van der Waals surface area contributed by atoms with Crippen molar-refractivity contribution in [2.24, 2.45) is 5.92 Å². The lowest BCUT2D eigenvalue weighted by Gasteiger charge is -2.17. The molecule has 1 unspecified atom stereocenters. The molecule has 0 aromatic heterocycles. The van der Waals surface area contributed by atoms with Gasteiger partial charge >= 0.3 is 5.97 Å². The van der Waals surface area contributed by atoms with E-state index < -0.39 is 27.9 Å². The minimum atomic E-state index is -3.47. The van der Waals surface area contributed by atoms with Crippen LogP contribution in [0.2, 0.25) is 0 Å². The van der Waals surface area contributed by atoms with Gasteiger partial charge in [-0.3, -0.25) is 9.52 Å². The monoisotopic (exact) mass is 342 g/mol. The van der Waals surface area contributed by atoms with E-state index in [0.717, 1.165) is 6.26 Å². The summed E-state index contributed by atoms with van der Waals surface area (Å²) in [5.41, 5.74) is 1.14. The van der Waals surface area contributed by atoms with Crippen molar-refractivity contribution in [3.63, 3.8) is 0 Å². The second kappa shape index (κ2) is 7.45. The fourth-order valence-corrected chi connectivity index (χ4v) is 2.63. The summed E-state index contributed by atoms with van der Waals surface area (Å²) in [5.74, 6) is -1.56. The first-order valence-corrected chi connectivity index (χ1v) is 9.01. The standard InChI is InChI=1S/C15H22N2O5S/c1-9(2)7-13(15(19)20)16-14(18)11-6-5-10(3)12(8-11)17-23(4,21)22/h5-6,8-9,13,17H,7H2,1-4H3,(H,16,18)(H,19,20). The molecule has 0 bridgehead atoms. The fourth-order valence-electron chi connectivity index (χ4n) is 2.01. The largest absolute Gasteiger partial charge is 0.480 e. The SMILES string of the molecule is Cc1ccc(C(=O)NC(CC(C)C)C(=O)O)cc1NS(C)(=O)=O. The van der Waals surface area contributed by atoms with Gasteiger partial charge in [0.25, 0.3) is 5.91 Å². The molecule has 0 saturated heterocycles. The van der Waals surface area contributed by atoms with Crippen LogP contribution >= 0.6 is 0 Å². The highest BCUT2D eigenvalue weighted by molar-refractivity contribution is 7.92. The number of carboxylic acids is 1. The maximum Gasteiger partial charge on any atom is 0.326 e. The number of benzene rings is 1. The van der Waals surface area contributed by atoms with Crippen LogP contribution in [0.25, 0.3) is 0 Å². The molecule has 0 radical (unpaired) electrons. The molecule has 0 fully saturated rings. The third-order valence-electron chi connectivity index (χ3n) is 3.11. The van der Waals surface area contributed by atoms with Gasteiger partial charge in [0, 0.05) is 5.56 Å². The summed E-state index contributed by atoms with van der Waals surface area (Å²) in [6.45, 7) is 5.43. The van der Waals surface area contributed by atoms with Crippen LogP contribution in [-0.4, -0.2) is 37.7 Å². The summed E-state index contributed by atoms with van der Waals surface area (Å²) < 4.78 is 25.0. The van der Waals surface area contributed by atoms with Crippen molar-refractivity contribution >= 4 is 27.6 Å². The van der Waals surface area contributed by atoms with Gasteiger partial charge in [-0.1, -0.05) is 19.9 Å². The predicted octanol–water partition coefficient (Wildman–Crippen LogP) is 1.60. The van der Waals surface area contributed by atoms with Gasteiger partial charge in [-0.25, -0.2) is 13.2 Å². The zero-order chi connectivity index (χ0) is 17.8. The van der Waals surface area contributed by atoms with Crippen LogP contribution in [0, 0.1) is 12.8 Å². The Morgan fingerprint density at radius 1 is 1.26 bits per heavy atom. The van der Waals surface area contributed by atoms with Crippen LogP contribution in [-0.2, 0) is 14.8 Å². The Morgan fingerprint density at radius 2 is 1.87 bits per heavy atom. The predicted molar refractivity (Wildman–Crippen MR) is 88.0 cm³/mol. The van der Waals surface area contributed by atoms with Crippen molar-refractivity contribution in [1.29, 1.82) is 0 Å². The lowest BCUT2D eigenvalue weighted by atomic mass is 10.0. The number of carbonyl (C=O) groups excluding carboxylic acids is 1. The normalized spacial score (nSPS) is 12.7. The Bertz CT molecular complexity index is 698. The molecule has 1 rings (SSSR count). The van der Waals surface area contributed by atoms with Crippen LogP contribution in [0.3, 0.4) is 0 Å². The zero-order valence-corrected chi connectivity index (χ0v) is 14.4. The number of carboxylic acid groups (broad SMARTS) is 1. The third-order valence-corrected chi connectivity index (χ3v) is 3.70. The molecule has 0 aliphatic heterocycles. The number of anilines is 1. The van der Waals surface area contributed by atoms with Gasteiger partial charge in [-0.2, -0.15) is 0 Å². The van der Waals surface area contributed by atoms with E-state index in [-0.39, 0.29) is 17.2 Å². The van der Waals surface area contributed by atoms with Crippen LogP contribution in [0.5, 0.6) is 0 Å². The molecular weight excluding hydrogens is 320 g/mol. The van der Waals surface area contributed by atoms with E-state index in [1.165, 1.54) is 12.1 Å². The number of hydrogen-bond acceptors (Lipinski definition) is 4. The highest BCUT2D eigenvalue weighted by Crippen LogP contribution is 2.18. The molecule has 23 heavy (non-hydrogen) atoms. The molecular formula is C15H22N2O5S. The van der Waals surface area contributed by atoms with Gasteiger partial charge in [0.2, 0.25) is 10.0 Å². The molecule has 0 saturated carbocycles. The number of hydrogen-bond donors (Lipinski definition) is 3. The lowest BCUT2D eigenvalue weighted by Crippen LogP contribution is -2.41. The average molecular weight is 342 g/mol. The molecule has 0 heterocycles. The minimum absolute atomic E-state index is 0.108. The Balaban J connectivity index is 2.99. The van der Waals surface area contributed by atoms with E-state index in [4.69, 9.17) is 5.11 Å². The second-order valence-corrected chi connectivity index (χ2v) is 7.65. The summed E-state index contributed by atoms with van der Waals surface area (Å²) in [6, 6.07) is 3.52. The Morgan fingerprint density at radius 3 is 2.35 bits per heavy atom. The maximum absolute atomic E-state index is 12.2. The van der Waals surface area contributed by atoms with Crippen molar-refractivity contribution in [3.8, 4) is 0 Å². The number of amides is 1. The highest BCUT2D eigenvalue weighted by Gasteiger charge is 2.22. The van der Waals surface area contributed by atoms with Crippen molar-refractivity contribution in [2.75, 3.05) is 11.0 Å². The lowest BCUT2D eigenvalue weighted by molar-refractivity contribution is -0.139. The van der Waals surface area contributed by atoms with E-state index in [0.29, 0.717) is 12.0 Å². The molecule has 1 amide bonds. The number of aliphatic carboxylic acids is 1. The van der Waals surface area contributed by atoms with Crippen LogP contribution in [0.1, 0.15) is 36.2 Å². The van der Waals surface area contributed by atoms with Gasteiger partial charge in [-0.15, -0.1) is 0 Å². The summed E-state index contributed by atoms with van der Waals surface area (Å²) >= 11 is 0. The van der Waals surface area contributed by atoms with Crippen molar-refractivity contribution in [3.05, 3.63) is 29.3 Å². The molecule has 1 aromatic rings. The number of carbonyl (C=O) groups is 2. The summed E-state index contributed by atoms with van der Waals surface area (Å²) in [4.78, 5) is 23.4. The molecule has 3 N–H and O–H groups in total. The second-order valence-electron chi connectivity index (χ2n) is 5.90. The zero-order valence-electron chi connectivity index (χ0n) is 13.6. The van der Waals surface area contributed by atoms with E-state index in [1.807, 2.05) is 13.8 Å². The quantitative estimate of drug-likeness (QED) is 0.696. The van der Waals surface area contributed by atoms with E-state index >= 15 is 0 Å². The van der Waals surface area contributed by atoms with E-state index in [2.05, 4.69) is 10.0 Å². The number of aryl methyl sites for hydroxylation is 1. The number of sulfonamides is 1.